The quantitative estimate of drug-likeness (QED) is 0.792. The zero-order chi connectivity index (χ0) is 15.2. The van der Waals surface area contributed by atoms with Crippen LogP contribution in [0.2, 0.25) is 0 Å². The first-order chi connectivity index (χ1) is 10.0. The van der Waals surface area contributed by atoms with Gasteiger partial charge in [0.1, 0.15) is 17.0 Å². The van der Waals surface area contributed by atoms with Crippen molar-refractivity contribution in [3.8, 4) is 11.5 Å². The van der Waals surface area contributed by atoms with Crippen molar-refractivity contribution in [3.05, 3.63) is 29.3 Å². The number of hydrogen-bond donors (Lipinski definition) is 1. The highest BCUT2D eigenvalue weighted by Gasteiger charge is 2.13. The van der Waals surface area contributed by atoms with Crippen LogP contribution < -0.4 is 14.8 Å². The average Bonchev–Trinajstić information content (AvgIpc) is 2.89. The molecule has 0 aliphatic rings. The second-order valence-electron chi connectivity index (χ2n) is 3.62. The Bertz CT molecular complexity index is 569. The van der Waals surface area contributed by atoms with Gasteiger partial charge < -0.3 is 14.8 Å². The highest BCUT2D eigenvalue weighted by atomic mass is 32.1. The topological polar surface area (TPSA) is 56.3 Å². The van der Waals surface area contributed by atoms with E-state index in [1.165, 1.54) is 29.0 Å². The van der Waals surface area contributed by atoms with Gasteiger partial charge in [-0.25, -0.2) is 0 Å². The molecule has 1 heterocycles. The Balaban J connectivity index is 2.13. The van der Waals surface area contributed by atoms with E-state index in [4.69, 9.17) is 0 Å². The smallest absolute Gasteiger partial charge is 0.387 e. The predicted octanol–water partition coefficient (Wildman–Crippen LogP) is 3.35. The largest absolute Gasteiger partial charge is 0.435 e. The van der Waals surface area contributed by atoms with Gasteiger partial charge in [-0.2, -0.15) is 17.6 Å². The van der Waals surface area contributed by atoms with E-state index in [1.807, 2.05) is 0 Å². The first kappa shape index (κ1) is 15.3. The summed E-state index contributed by atoms with van der Waals surface area (Å²) in [6.45, 7) is -6.01. The maximum Gasteiger partial charge on any atom is 0.387 e. The zero-order valence-electron chi connectivity index (χ0n) is 10.3. The van der Waals surface area contributed by atoms with E-state index in [0.29, 0.717) is 10.7 Å². The molecule has 0 aliphatic carbocycles. The van der Waals surface area contributed by atoms with Gasteiger partial charge in [0.25, 0.3) is 0 Å². The van der Waals surface area contributed by atoms with Crippen molar-refractivity contribution < 1.29 is 27.0 Å². The van der Waals surface area contributed by atoms with Crippen molar-refractivity contribution in [2.45, 2.75) is 19.8 Å². The first-order valence-electron chi connectivity index (χ1n) is 5.57. The Morgan fingerprint density at radius 3 is 2.52 bits per heavy atom. The molecule has 21 heavy (non-hydrogen) atoms. The number of benzene rings is 1. The highest BCUT2D eigenvalue weighted by molar-refractivity contribution is 7.13. The summed E-state index contributed by atoms with van der Waals surface area (Å²) < 4.78 is 57.4. The summed E-state index contributed by atoms with van der Waals surface area (Å²) in [4.78, 5) is 0. The minimum absolute atomic E-state index is 0.117. The number of anilines is 1. The van der Waals surface area contributed by atoms with Crippen LogP contribution in [0.1, 0.15) is 5.56 Å². The number of ether oxygens (including phenoxy) is 2. The first-order valence-corrected chi connectivity index (χ1v) is 6.45. The molecule has 5 nitrogen and oxygen atoms in total. The summed E-state index contributed by atoms with van der Waals surface area (Å²) in [5, 5.41) is 10.7. The summed E-state index contributed by atoms with van der Waals surface area (Å²) >= 11 is 1.23. The maximum absolute atomic E-state index is 12.4. The van der Waals surface area contributed by atoms with E-state index >= 15 is 0 Å². The van der Waals surface area contributed by atoms with Crippen LogP contribution >= 0.6 is 11.3 Å². The molecule has 10 heteroatoms. The van der Waals surface area contributed by atoms with Gasteiger partial charge in [-0.05, 0) is 12.1 Å². The normalized spacial score (nSPS) is 11.0. The van der Waals surface area contributed by atoms with Crippen LogP contribution in [0, 0.1) is 0 Å². The van der Waals surface area contributed by atoms with Crippen LogP contribution in [0.4, 0.5) is 22.7 Å². The van der Waals surface area contributed by atoms with Gasteiger partial charge in [-0.3, -0.25) is 0 Å². The monoisotopic (exact) mass is 323 g/mol. The Morgan fingerprint density at radius 1 is 1.14 bits per heavy atom. The lowest BCUT2D eigenvalue weighted by molar-refractivity contribution is -0.0546. The van der Waals surface area contributed by atoms with Crippen LogP contribution in [-0.4, -0.2) is 23.4 Å². The molecular formula is C11H9F4N3O2S. The van der Waals surface area contributed by atoms with Gasteiger partial charge in [0.15, 0.2) is 0 Å². The fourth-order valence-corrected chi connectivity index (χ4v) is 1.93. The van der Waals surface area contributed by atoms with Crippen molar-refractivity contribution >= 4 is 16.5 Å². The van der Waals surface area contributed by atoms with Gasteiger partial charge in [0.2, 0.25) is 5.13 Å². The van der Waals surface area contributed by atoms with Crippen molar-refractivity contribution in [3.63, 3.8) is 0 Å². The van der Waals surface area contributed by atoms with E-state index in [0.717, 1.165) is 6.07 Å². The Labute approximate surface area is 120 Å². The lowest BCUT2D eigenvalue weighted by Crippen LogP contribution is -2.08. The van der Waals surface area contributed by atoms with Crippen LogP contribution in [0.5, 0.6) is 11.5 Å². The molecule has 2 aromatic rings. The number of nitrogens with one attached hydrogen (secondary N) is 1. The van der Waals surface area contributed by atoms with Crippen molar-refractivity contribution in [2.75, 3.05) is 5.32 Å². The zero-order valence-corrected chi connectivity index (χ0v) is 11.1. The number of halogens is 4. The minimum atomic E-state index is -3.08. The van der Waals surface area contributed by atoms with Crippen molar-refractivity contribution in [1.29, 1.82) is 0 Å². The molecule has 1 aromatic heterocycles. The SMILES string of the molecule is FC(F)Oc1ccc(CNc2nncs2)c(OC(F)F)c1. The van der Waals surface area contributed by atoms with Crippen LogP contribution in [0.15, 0.2) is 23.7 Å². The number of aromatic nitrogens is 2. The number of nitrogens with zero attached hydrogens (tertiary/aromatic N) is 2. The molecule has 0 amide bonds. The van der Waals surface area contributed by atoms with Crippen LogP contribution in [0.3, 0.4) is 0 Å². The molecule has 114 valence electrons. The summed E-state index contributed by atoms with van der Waals surface area (Å²) in [7, 11) is 0. The third-order valence-corrected chi connectivity index (χ3v) is 2.92. The summed E-state index contributed by atoms with van der Waals surface area (Å²) in [6.07, 6.45) is 0. The lowest BCUT2D eigenvalue weighted by atomic mass is 10.2. The fraction of sp³-hybridized carbons (Fsp3) is 0.273. The predicted molar refractivity (Wildman–Crippen MR) is 66.9 cm³/mol. The molecule has 0 unspecified atom stereocenters. The number of alkyl halides is 4. The van der Waals surface area contributed by atoms with Crippen LogP contribution in [0.25, 0.3) is 0 Å². The van der Waals surface area contributed by atoms with E-state index in [2.05, 4.69) is 25.0 Å². The molecule has 2 rings (SSSR count). The molecule has 0 aliphatic heterocycles. The summed E-state index contributed by atoms with van der Waals surface area (Å²) in [6, 6.07) is 3.57. The molecule has 0 atom stereocenters. The molecule has 0 spiro atoms. The second kappa shape index (κ2) is 7.07. The molecule has 0 radical (unpaired) electrons. The number of hydrogen-bond acceptors (Lipinski definition) is 6. The third-order valence-electron chi connectivity index (χ3n) is 2.27. The Kier molecular flexibility index (Phi) is 5.14. The molecule has 0 saturated carbocycles. The molecular weight excluding hydrogens is 314 g/mol. The Morgan fingerprint density at radius 2 is 1.90 bits per heavy atom. The minimum Gasteiger partial charge on any atom is -0.435 e. The standard InChI is InChI=1S/C11H9F4N3O2S/c12-9(13)19-7-2-1-6(8(3-7)20-10(14)15)4-16-11-18-17-5-21-11/h1-3,5,9-10H,4H2,(H,16,18). The summed E-state index contributed by atoms with van der Waals surface area (Å²) in [5.74, 6) is -0.513. The van der Waals surface area contributed by atoms with E-state index in [9.17, 15) is 17.6 Å². The molecule has 0 fully saturated rings. The van der Waals surface area contributed by atoms with Gasteiger partial charge in [-0.1, -0.05) is 11.3 Å². The van der Waals surface area contributed by atoms with Crippen molar-refractivity contribution in [2.24, 2.45) is 0 Å². The van der Waals surface area contributed by atoms with Crippen LogP contribution in [-0.2, 0) is 6.54 Å². The molecule has 0 bridgehead atoms. The van der Waals surface area contributed by atoms with Crippen molar-refractivity contribution in [1.82, 2.24) is 10.2 Å². The molecule has 1 N–H and O–H groups in total. The van der Waals surface area contributed by atoms with Gasteiger partial charge in [0, 0.05) is 18.2 Å². The second-order valence-corrected chi connectivity index (χ2v) is 4.46. The van der Waals surface area contributed by atoms with Gasteiger partial charge in [-0.15, -0.1) is 10.2 Å². The molecule has 1 aromatic carbocycles. The fourth-order valence-electron chi connectivity index (χ4n) is 1.48. The molecule has 0 saturated heterocycles. The third kappa shape index (κ3) is 4.74. The lowest BCUT2D eigenvalue weighted by Gasteiger charge is -2.13. The highest BCUT2D eigenvalue weighted by Crippen LogP contribution is 2.28. The van der Waals surface area contributed by atoms with Gasteiger partial charge >= 0.3 is 13.2 Å². The van der Waals surface area contributed by atoms with E-state index < -0.39 is 13.2 Å². The number of rotatable bonds is 7. The van der Waals surface area contributed by atoms with Gasteiger partial charge in [0.05, 0.1) is 0 Å². The Hall–Kier alpha value is -2.10. The maximum atomic E-state index is 12.4. The summed E-state index contributed by atoms with van der Waals surface area (Å²) in [5.41, 5.74) is 1.84. The van der Waals surface area contributed by atoms with E-state index in [-0.39, 0.29) is 18.0 Å². The average molecular weight is 323 g/mol. The van der Waals surface area contributed by atoms with E-state index in [1.54, 1.807) is 0 Å².